The van der Waals surface area contributed by atoms with Crippen molar-refractivity contribution < 1.29 is 9.90 Å². The molecule has 2 atom stereocenters. The summed E-state index contributed by atoms with van der Waals surface area (Å²) in [6.45, 7) is 6.40. The van der Waals surface area contributed by atoms with Gasteiger partial charge in [0.2, 0.25) is 0 Å². The summed E-state index contributed by atoms with van der Waals surface area (Å²) in [5.41, 5.74) is 0. The normalized spacial score (nSPS) is 14.2. The van der Waals surface area contributed by atoms with E-state index in [1.54, 1.807) is 0 Å². The Bertz CT molecular complexity index is 225. The van der Waals surface area contributed by atoms with Crippen molar-refractivity contribution in [2.24, 2.45) is 11.8 Å². The van der Waals surface area contributed by atoms with Crippen LogP contribution in [-0.4, -0.2) is 11.1 Å². The van der Waals surface area contributed by atoms with Crippen molar-refractivity contribution in [2.45, 2.75) is 97.8 Å². The minimum Gasteiger partial charge on any atom is -0.481 e. The Morgan fingerprint density at radius 2 is 1.30 bits per heavy atom. The van der Waals surface area contributed by atoms with Gasteiger partial charge in [0.05, 0.1) is 5.92 Å². The van der Waals surface area contributed by atoms with E-state index >= 15 is 0 Å². The second-order valence-corrected chi connectivity index (χ2v) is 6.30. The van der Waals surface area contributed by atoms with Crippen molar-refractivity contribution in [3.8, 4) is 0 Å². The zero-order valence-corrected chi connectivity index (χ0v) is 14.0. The molecule has 0 heterocycles. The van der Waals surface area contributed by atoms with E-state index in [1.165, 1.54) is 57.8 Å². The lowest BCUT2D eigenvalue weighted by Crippen LogP contribution is -2.21. The molecule has 0 fully saturated rings. The fraction of sp³-hybridized carbons (Fsp3) is 0.944. The number of unbranched alkanes of at least 4 members (excludes halogenated alkanes) is 9. The van der Waals surface area contributed by atoms with Crippen LogP contribution in [0.5, 0.6) is 0 Å². The fourth-order valence-electron chi connectivity index (χ4n) is 2.79. The molecule has 120 valence electrons. The Morgan fingerprint density at radius 1 is 0.850 bits per heavy atom. The van der Waals surface area contributed by atoms with Crippen LogP contribution in [0.1, 0.15) is 97.8 Å². The van der Waals surface area contributed by atoms with Crippen LogP contribution in [0.2, 0.25) is 0 Å². The number of carbonyl (C=O) groups is 1. The summed E-state index contributed by atoms with van der Waals surface area (Å²) in [5, 5.41) is 9.22. The molecule has 0 rings (SSSR count). The topological polar surface area (TPSA) is 37.3 Å². The van der Waals surface area contributed by atoms with E-state index in [9.17, 15) is 9.90 Å². The standard InChI is InChI=1S/C18H36O2/c1-4-6-7-8-9-10-11-12-13-14-15-17(18(19)20)16(3)5-2/h16-17H,4-15H2,1-3H3,(H,19,20). The molecule has 0 radical (unpaired) electrons. The molecule has 0 aliphatic rings. The van der Waals surface area contributed by atoms with Crippen LogP contribution in [-0.2, 0) is 4.79 Å². The molecule has 1 N–H and O–H groups in total. The zero-order valence-electron chi connectivity index (χ0n) is 14.0. The van der Waals surface area contributed by atoms with Gasteiger partial charge in [-0.2, -0.15) is 0 Å². The van der Waals surface area contributed by atoms with E-state index in [-0.39, 0.29) is 5.92 Å². The molecule has 0 aromatic rings. The second-order valence-electron chi connectivity index (χ2n) is 6.30. The molecular weight excluding hydrogens is 248 g/mol. The van der Waals surface area contributed by atoms with Gasteiger partial charge in [-0.3, -0.25) is 4.79 Å². The van der Waals surface area contributed by atoms with Crippen LogP contribution in [0.25, 0.3) is 0 Å². The first-order chi connectivity index (χ1) is 9.63. The zero-order chi connectivity index (χ0) is 15.2. The van der Waals surface area contributed by atoms with Crippen LogP contribution in [0.3, 0.4) is 0 Å². The smallest absolute Gasteiger partial charge is 0.306 e. The molecule has 2 heteroatoms. The molecular formula is C18H36O2. The fourth-order valence-corrected chi connectivity index (χ4v) is 2.79. The van der Waals surface area contributed by atoms with Crippen LogP contribution < -0.4 is 0 Å². The first-order valence-corrected chi connectivity index (χ1v) is 8.86. The highest BCUT2D eigenvalue weighted by Gasteiger charge is 2.22. The van der Waals surface area contributed by atoms with E-state index in [2.05, 4.69) is 20.8 Å². The largest absolute Gasteiger partial charge is 0.481 e. The Kier molecular flexibility index (Phi) is 13.1. The van der Waals surface area contributed by atoms with Gasteiger partial charge in [0.15, 0.2) is 0 Å². The maximum absolute atomic E-state index is 11.2. The van der Waals surface area contributed by atoms with E-state index in [0.717, 1.165) is 19.3 Å². The van der Waals surface area contributed by atoms with Gasteiger partial charge < -0.3 is 5.11 Å². The number of aliphatic carboxylic acids is 1. The van der Waals surface area contributed by atoms with E-state index in [4.69, 9.17) is 0 Å². The van der Waals surface area contributed by atoms with E-state index in [0.29, 0.717) is 5.92 Å². The maximum atomic E-state index is 11.2. The molecule has 0 aliphatic carbocycles. The molecule has 2 nitrogen and oxygen atoms in total. The average Bonchev–Trinajstić information content (AvgIpc) is 2.43. The highest BCUT2D eigenvalue weighted by atomic mass is 16.4. The summed E-state index contributed by atoms with van der Waals surface area (Å²) in [6, 6.07) is 0. The summed E-state index contributed by atoms with van der Waals surface area (Å²) >= 11 is 0. The third-order valence-corrected chi connectivity index (χ3v) is 4.52. The molecule has 2 unspecified atom stereocenters. The van der Waals surface area contributed by atoms with Crippen LogP contribution in [0.15, 0.2) is 0 Å². The van der Waals surface area contributed by atoms with Crippen LogP contribution >= 0.6 is 0 Å². The van der Waals surface area contributed by atoms with Gasteiger partial charge in [-0.1, -0.05) is 91.4 Å². The van der Waals surface area contributed by atoms with Crippen molar-refractivity contribution >= 4 is 5.97 Å². The van der Waals surface area contributed by atoms with Crippen molar-refractivity contribution in [2.75, 3.05) is 0 Å². The molecule has 0 saturated heterocycles. The lowest BCUT2D eigenvalue weighted by Gasteiger charge is -2.18. The number of carboxylic acids is 1. The van der Waals surface area contributed by atoms with Gasteiger partial charge in [0.25, 0.3) is 0 Å². The average molecular weight is 284 g/mol. The van der Waals surface area contributed by atoms with Crippen molar-refractivity contribution in [3.05, 3.63) is 0 Å². The van der Waals surface area contributed by atoms with Crippen molar-refractivity contribution in [3.63, 3.8) is 0 Å². The molecule has 0 spiro atoms. The van der Waals surface area contributed by atoms with Gasteiger partial charge >= 0.3 is 5.97 Å². The Hall–Kier alpha value is -0.530. The van der Waals surface area contributed by atoms with Crippen LogP contribution in [0, 0.1) is 11.8 Å². The SMILES string of the molecule is CCCCCCCCCCCCC(C(=O)O)C(C)CC. The predicted octanol–water partition coefficient (Wildman–Crippen LogP) is 6.04. The summed E-state index contributed by atoms with van der Waals surface area (Å²) in [5.74, 6) is -0.421. The molecule has 20 heavy (non-hydrogen) atoms. The second kappa shape index (κ2) is 13.5. The highest BCUT2D eigenvalue weighted by molar-refractivity contribution is 5.70. The third-order valence-electron chi connectivity index (χ3n) is 4.52. The molecule has 0 aromatic heterocycles. The molecule has 0 aromatic carbocycles. The van der Waals surface area contributed by atoms with Gasteiger partial charge in [-0.15, -0.1) is 0 Å². The number of hydrogen-bond acceptors (Lipinski definition) is 1. The maximum Gasteiger partial charge on any atom is 0.306 e. The summed E-state index contributed by atoms with van der Waals surface area (Å²) in [7, 11) is 0. The van der Waals surface area contributed by atoms with E-state index in [1.807, 2.05) is 0 Å². The Morgan fingerprint density at radius 3 is 1.70 bits per heavy atom. The predicted molar refractivity (Wildman–Crippen MR) is 87.0 cm³/mol. The van der Waals surface area contributed by atoms with Crippen LogP contribution in [0.4, 0.5) is 0 Å². The summed E-state index contributed by atoms with van der Waals surface area (Å²) < 4.78 is 0. The highest BCUT2D eigenvalue weighted by Crippen LogP contribution is 2.22. The number of rotatable bonds is 14. The first-order valence-electron chi connectivity index (χ1n) is 8.86. The minimum atomic E-state index is -0.602. The van der Waals surface area contributed by atoms with Crippen molar-refractivity contribution in [1.29, 1.82) is 0 Å². The molecule has 0 aliphatic heterocycles. The number of carboxylic acid groups (broad SMARTS) is 1. The van der Waals surface area contributed by atoms with Gasteiger partial charge in [0, 0.05) is 0 Å². The van der Waals surface area contributed by atoms with Crippen molar-refractivity contribution in [1.82, 2.24) is 0 Å². The molecule has 0 saturated carbocycles. The van der Waals surface area contributed by atoms with Gasteiger partial charge in [-0.25, -0.2) is 0 Å². The lowest BCUT2D eigenvalue weighted by atomic mass is 9.87. The minimum absolute atomic E-state index is 0.131. The monoisotopic (exact) mass is 284 g/mol. The quantitative estimate of drug-likeness (QED) is 0.394. The first kappa shape index (κ1) is 19.5. The van der Waals surface area contributed by atoms with Gasteiger partial charge in [0.1, 0.15) is 0 Å². The molecule has 0 amide bonds. The lowest BCUT2D eigenvalue weighted by molar-refractivity contribution is -0.143. The molecule has 0 bridgehead atoms. The third kappa shape index (κ3) is 10.3. The number of hydrogen-bond donors (Lipinski definition) is 1. The van der Waals surface area contributed by atoms with Gasteiger partial charge in [-0.05, 0) is 12.3 Å². The Balaban J connectivity index is 3.44. The summed E-state index contributed by atoms with van der Waals surface area (Å²) in [4.78, 5) is 11.2. The van der Waals surface area contributed by atoms with E-state index < -0.39 is 5.97 Å². The Labute approximate surface area is 126 Å². The summed E-state index contributed by atoms with van der Waals surface area (Å²) in [6.07, 6.45) is 14.9.